The van der Waals surface area contributed by atoms with Crippen LogP contribution < -0.4 is 10.1 Å². The Morgan fingerprint density at radius 2 is 2.00 bits per heavy atom. The molecule has 2 aromatic rings. The Morgan fingerprint density at radius 3 is 2.68 bits per heavy atom. The Balaban J connectivity index is 2.24. The number of hydrogen-bond donors (Lipinski definition) is 1. The van der Waals surface area contributed by atoms with Gasteiger partial charge in [0.1, 0.15) is 0 Å². The van der Waals surface area contributed by atoms with Gasteiger partial charge in [-0.2, -0.15) is 0 Å². The number of nitrogens with zero attached hydrogens (tertiary/aromatic N) is 2. The van der Waals surface area contributed by atoms with Gasteiger partial charge in [0.25, 0.3) is 0 Å². The predicted molar refractivity (Wildman–Crippen MR) is 75.1 cm³/mol. The van der Waals surface area contributed by atoms with E-state index in [1.54, 1.807) is 13.3 Å². The normalized spacial score (nSPS) is 12.1. The molecule has 1 N–H and O–H groups in total. The van der Waals surface area contributed by atoms with E-state index in [0.29, 0.717) is 5.88 Å². The third kappa shape index (κ3) is 3.51. The molecule has 2 rings (SSSR count). The van der Waals surface area contributed by atoms with Crippen molar-refractivity contribution in [2.45, 2.75) is 19.4 Å². The second-order valence-corrected chi connectivity index (χ2v) is 4.24. The van der Waals surface area contributed by atoms with Crippen molar-refractivity contribution in [2.24, 2.45) is 0 Å². The molecule has 19 heavy (non-hydrogen) atoms. The maximum atomic E-state index is 5.34. The molecule has 0 aliphatic heterocycles. The molecule has 0 spiro atoms. The standard InChI is InChI=1S/C15H19N3O/c1-3-16-14(11-12-7-4-5-9-17-12)13-8-6-10-18-15(13)19-2/h4-10,14,16H,3,11H2,1-2H3. The summed E-state index contributed by atoms with van der Waals surface area (Å²) >= 11 is 0. The van der Waals surface area contributed by atoms with E-state index in [2.05, 4.69) is 22.2 Å². The molecule has 0 aliphatic carbocycles. The van der Waals surface area contributed by atoms with Crippen molar-refractivity contribution < 1.29 is 4.74 Å². The first-order valence-corrected chi connectivity index (χ1v) is 6.47. The summed E-state index contributed by atoms with van der Waals surface area (Å²) in [5, 5.41) is 3.46. The van der Waals surface area contributed by atoms with E-state index >= 15 is 0 Å². The summed E-state index contributed by atoms with van der Waals surface area (Å²) in [6.45, 7) is 2.98. The lowest BCUT2D eigenvalue weighted by Crippen LogP contribution is -2.24. The molecule has 1 atom stereocenters. The van der Waals surface area contributed by atoms with E-state index in [1.165, 1.54) is 0 Å². The van der Waals surface area contributed by atoms with Crippen molar-refractivity contribution in [3.63, 3.8) is 0 Å². The Labute approximate surface area is 113 Å². The molecule has 2 aromatic heterocycles. The first-order valence-electron chi connectivity index (χ1n) is 6.47. The van der Waals surface area contributed by atoms with E-state index in [-0.39, 0.29) is 6.04 Å². The number of rotatable bonds is 6. The van der Waals surface area contributed by atoms with Crippen molar-refractivity contribution in [1.82, 2.24) is 15.3 Å². The van der Waals surface area contributed by atoms with Crippen LogP contribution in [0.1, 0.15) is 24.2 Å². The molecule has 0 aliphatic rings. The van der Waals surface area contributed by atoms with Crippen molar-refractivity contribution in [1.29, 1.82) is 0 Å². The average Bonchev–Trinajstić information content (AvgIpc) is 2.48. The highest BCUT2D eigenvalue weighted by atomic mass is 16.5. The van der Waals surface area contributed by atoms with Gasteiger partial charge in [-0.1, -0.05) is 19.1 Å². The number of likely N-dealkylation sites (N-methyl/N-ethyl adjacent to an activating group) is 1. The number of ether oxygens (including phenoxy) is 1. The molecule has 2 heterocycles. The van der Waals surface area contributed by atoms with Crippen molar-refractivity contribution >= 4 is 0 Å². The van der Waals surface area contributed by atoms with E-state index in [0.717, 1.165) is 24.2 Å². The van der Waals surface area contributed by atoms with Gasteiger partial charge in [0.05, 0.1) is 7.11 Å². The molecular weight excluding hydrogens is 238 g/mol. The number of hydrogen-bond acceptors (Lipinski definition) is 4. The summed E-state index contributed by atoms with van der Waals surface area (Å²) in [5.41, 5.74) is 2.12. The predicted octanol–water partition coefficient (Wildman–Crippen LogP) is 2.38. The van der Waals surface area contributed by atoms with Crippen LogP contribution in [0.2, 0.25) is 0 Å². The minimum atomic E-state index is 0.156. The van der Waals surface area contributed by atoms with Crippen molar-refractivity contribution in [2.75, 3.05) is 13.7 Å². The molecule has 0 fully saturated rings. The molecule has 1 unspecified atom stereocenters. The minimum absolute atomic E-state index is 0.156. The molecule has 0 amide bonds. The van der Waals surface area contributed by atoms with Crippen LogP contribution in [0.5, 0.6) is 5.88 Å². The van der Waals surface area contributed by atoms with Crippen LogP contribution in [0.15, 0.2) is 42.7 Å². The first-order chi connectivity index (χ1) is 9.35. The largest absolute Gasteiger partial charge is 0.481 e. The fourth-order valence-corrected chi connectivity index (χ4v) is 2.11. The van der Waals surface area contributed by atoms with Crippen molar-refractivity contribution in [3.05, 3.63) is 54.0 Å². The summed E-state index contributed by atoms with van der Waals surface area (Å²) in [5.74, 6) is 0.671. The smallest absolute Gasteiger partial charge is 0.217 e. The molecule has 0 radical (unpaired) electrons. The van der Waals surface area contributed by atoms with E-state index < -0.39 is 0 Å². The molecular formula is C15H19N3O. The monoisotopic (exact) mass is 257 g/mol. The second-order valence-electron chi connectivity index (χ2n) is 4.24. The van der Waals surface area contributed by atoms with Gasteiger partial charge in [-0.3, -0.25) is 4.98 Å². The van der Waals surface area contributed by atoms with Crippen LogP contribution in [-0.4, -0.2) is 23.6 Å². The van der Waals surface area contributed by atoms with Gasteiger partial charge in [0, 0.05) is 36.1 Å². The maximum absolute atomic E-state index is 5.34. The third-order valence-corrected chi connectivity index (χ3v) is 2.96. The first kappa shape index (κ1) is 13.5. The lowest BCUT2D eigenvalue weighted by Gasteiger charge is -2.19. The Hall–Kier alpha value is -1.94. The Kier molecular flexibility index (Phi) is 4.86. The van der Waals surface area contributed by atoms with Crippen LogP contribution in [-0.2, 0) is 6.42 Å². The molecule has 100 valence electrons. The van der Waals surface area contributed by atoms with Gasteiger partial charge in [0.15, 0.2) is 0 Å². The van der Waals surface area contributed by atoms with Gasteiger partial charge in [0.2, 0.25) is 5.88 Å². The third-order valence-electron chi connectivity index (χ3n) is 2.96. The number of aromatic nitrogens is 2. The topological polar surface area (TPSA) is 47.0 Å². The van der Waals surface area contributed by atoms with Crippen LogP contribution >= 0.6 is 0 Å². The molecule has 4 nitrogen and oxygen atoms in total. The number of methoxy groups -OCH3 is 1. The highest BCUT2D eigenvalue weighted by Gasteiger charge is 2.16. The minimum Gasteiger partial charge on any atom is -0.481 e. The zero-order valence-electron chi connectivity index (χ0n) is 11.3. The average molecular weight is 257 g/mol. The summed E-state index contributed by atoms with van der Waals surface area (Å²) in [6.07, 6.45) is 4.38. The SMILES string of the molecule is CCNC(Cc1ccccn1)c1cccnc1OC. The number of pyridine rings is 2. The number of nitrogens with one attached hydrogen (secondary N) is 1. The molecule has 0 aromatic carbocycles. The summed E-state index contributed by atoms with van der Waals surface area (Å²) in [7, 11) is 1.65. The highest BCUT2D eigenvalue weighted by Crippen LogP contribution is 2.24. The van der Waals surface area contributed by atoms with E-state index in [4.69, 9.17) is 4.74 Å². The zero-order chi connectivity index (χ0) is 13.5. The zero-order valence-corrected chi connectivity index (χ0v) is 11.3. The van der Waals surface area contributed by atoms with Crippen LogP contribution in [0.25, 0.3) is 0 Å². The van der Waals surface area contributed by atoms with Gasteiger partial charge >= 0.3 is 0 Å². The Morgan fingerprint density at radius 1 is 1.16 bits per heavy atom. The summed E-state index contributed by atoms with van der Waals surface area (Å²) in [4.78, 5) is 8.64. The molecule has 4 heteroatoms. The quantitative estimate of drug-likeness (QED) is 0.863. The van der Waals surface area contributed by atoms with Gasteiger partial charge in [-0.05, 0) is 24.7 Å². The lowest BCUT2D eigenvalue weighted by molar-refractivity contribution is 0.382. The van der Waals surface area contributed by atoms with Crippen LogP contribution in [0, 0.1) is 0 Å². The van der Waals surface area contributed by atoms with Crippen molar-refractivity contribution in [3.8, 4) is 5.88 Å². The maximum Gasteiger partial charge on any atom is 0.217 e. The lowest BCUT2D eigenvalue weighted by atomic mass is 10.0. The van der Waals surface area contributed by atoms with Gasteiger partial charge < -0.3 is 10.1 Å². The van der Waals surface area contributed by atoms with Gasteiger partial charge in [-0.15, -0.1) is 0 Å². The molecule has 0 saturated carbocycles. The fourth-order valence-electron chi connectivity index (χ4n) is 2.11. The van der Waals surface area contributed by atoms with E-state index in [1.807, 2.05) is 36.5 Å². The van der Waals surface area contributed by atoms with E-state index in [9.17, 15) is 0 Å². The second kappa shape index (κ2) is 6.85. The highest BCUT2D eigenvalue weighted by molar-refractivity contribution is 5.30. The molecule has 0 saturated heterocycles. The van der Waals surface area contributed by atoms with Crippen LogP contribution in [0.3, 0.4) is 0 Å². The summed E-state index contributed by atoms with van der Waals surface area (Å²) < 4.78 is 5.34. The van der Waals surface area contributed by atoms with Crippen LogP contribution in [0.4, 0.5) is 0 Å². The Bertz CT molecular complexity index is 502. The van der Waals surface area contributed by atoms with Gasteiger partial charge in [-0.25, -0.2) is 4.98 Å². The molecule has 0 bridgehead atoms. The summed E-state index contributed by atoms with van der Waals surface area (Å²) in [6, 6.07) is 10.1. The fraction of sp³-hybridized carbons (Fsp3) is 0.333.